The molecule has 29 heavy (non-hydrogen) atoms. The van der Waals surface area contributed by atoms with Gasteiger partial charge < -0.3 is 15.0 Å². The highest BCUT2D eigenvalue weighted by molar-refractivity contribution is 7.89. The molecule has 0 radical (unpaired) electrons. The van der Waals surface area contributed by atoms with E-state index in [0.29, 0.717) is 49.5 Å². The van der Waals surface area contributed by atoms with Gasteiger partial charge >= 0.3 is 0 Å². The van der Waals surface area contributed by atoms with Crippen LogP contribution in [0.25, 0.3) is 0 Å². The van der Waals surface area contributed by atoms with Gasteiger partial charge in [0.05, 0.1) is 18.6 Å². The average molecular weight is 424 g/mol. The van der Waals surface area contributed by atoms with Crippen LogP contribution in [0.1, 0.15) is 45.4 Å². The molecule has 0 aromatic heterocycles. The molecule has 2 aliphatic heterocycles. The standard InChI is InChI=1S/C20H29N3O5S/c1-3-13-29(26,27)23-12-5-4-7-17(23)20(25)21-15-9-10-16(18(14-15)28-2)22-11-6-8-19(22)24/h9-10,14,17H,3-8,11-13H2,1-2H3,(H,21,25). The van der Waals surface area contributed by atoms with Crippen LogP contribution < -0.4 is 15.0 Å². The Labute approximate surface area is 172 Å². The first kappa shape index (κ1) is 21.6. The molecule has 0 bridgehead atoms. The zero-order chi connectivity index (χ0) is 21.0. The lowest BCUT2D eigenvalue weighted by Crippen LogP contribution is -2.50. The smallest absolute Gasteiger partial charge is 0.242 e. The molecule has 2 aliphatic rings. The molecule has 1 aromatic rings. The molecule has 1 unspecified atom stereocenters. The molecule has 9 heteroatoms. The molecular weight excluding hydrogens is 394 g/mol. The predicted molar refractivity (Wildman–Crippen MR) is 112 cm³/mol. The van der Waals surface area contributed by atoms with Gasteiger partial charge in [-0.3, -0.25) is 9.59 Å². The molecule has 8 nitrogen and oxygen atoms in total. The van der Waals surface area contributed by atoms with Gasteiger partial charge in [0.1, 0.15) is 11.8 Å². The maximum atomic E-state index is 12.9. The minimum absolute atomic E-state index is 0.0448. The van der Waals surface area contributed by atoms with E-state index in [-0.39, 0.29) is 17.6 Å². The number of nitrogens with zero attached hydrogens (tertiary/aromatic N) is 2. The number of methoxy groups -OCH3 is 1. The minimum atomic E-state index is -3.45. The van der Waals surface area contributed by atoms with Gasteiger partial charge in [0, 0.05) is 31.3 Å². The third kappa shape index (κ3) is 4.72. The number of carbonyl (C=O) groups excluding carboxylic acids is 2. The maximum Gasteiger partial charge on any atom is 0.242 e. The number of carbonyl (C=O) groups is 2. The van der Waals surface area contributed by atoms with Crippen molar-refractivity contribution in [3.63, 3.8) is 0 Å². The Morgan fingerprint density at radius 1 is 1.24 bits per heavy atom. The summed E-state index contributed by atoms with van der Waals surface area (Å²) < 4.78 is 31.9. The number of ether oxygens (including phenoxy) is 1. The molecule has 1 N–H and O–H groups in total. The fraction of sp³-hybridized carbons (Fsp3) is 0.600. The Kier molecular flexibility index (Phi) is 6.79. The van der Waals surface area contributed by atoms with Gasteiger partial charge in [-0.2, -0.15) is 4.31 Å². The lowest BCUT2D eigenvalue weighted by molar-refractivity contribution is -0.120. The molecule has 2 saturated heterocycles. The summed E-state index contributed by atoms with van der Waals surface area (Å²) >= 11 is 0. The second-order valence-electron chi connectivity index (χ2n) is 7.46. The van der Waals surface area contributed by atoms with Crippen molar-refractivity contribution in [3.05, 3.63) is 18.2 Å². The van der Waals surface area contributed by atoms with Crippen molar-refractivity contribution in [1.82, 2.24) is 4.31 Å². The highest BCUT2D eigenvalue weighted by atomic mass is 32.2. The van der Waals surface area contributed by atoms with Crippen LogP contribution in [-0.4, -0.2) is 56.5 Å². The van der Waals surface area contributed by atoms with Crippen molar-refractivity contribution < 1.29 is 22.7 Å². The molecule has 1 aromatic carbocycles. The third-order valence-corrected chi connectivity index (χ3v) is 7.46. The van der Waals surface area contributed by atoms with E-state index in [1.807, 2.05) is 6.92 Å². The Bertz CT molecular complexity index is 871. The van der Waals surface area contributed by atoms with Crippen LogP contribution in [0.3, 0.4) is 0 Å². The van der Waals surface area contributed by atoms with Crippen LogP contribution in [0.5, 0.6) is 5.75 Å². The fourth-order valence-corrected chi connectivity index (χ4v) is 5.73. The lowest BCUT2D eigenvalue weighted by Gasteiger charge is -2.33. The summed E-state index contributed by atoms with van der Waals surface area (Å²) in [6.07, 6.45) is 3.93. The fourth-order valence-electron chi connectivity index (χ4n) is 3.98. The van der Waals surface area contributed by atoms with Crippen molar-refractivity contribution in [2.24, 2.45) is 0 Å². The van der Waals surface area contributed by atoms with Gasteiger partial charge in [-0.1, -0.05) is 13.3 Å². The summed E-state index contributed by atoms with van der Waals surface area (Å²) in [7, 11) is -1.93. The molecule has 0 saturated carbocycles. The topological polar surface area (TPSA) is 96.0 Å². The van der Waals surface area contributed by atoms with Crippen LogP contribution in [0.2, 0.25) is 0 Å². The molecule has 0 spiro atoms. The predicted octanol–water partition coefficient (Wildman–Crippen LogP) is 2.35. The number of rotatable bonds is 7. The Morgan fingerprint density at radius 3 is 2.69 bits per heavy atom. The molecule has 2 fully saturated rings. The molecular formula is C20H29N3O5S. The van der Waals surface area contributed by atoms with E-state index in [0.717, 1.165) is 19.3 Å². The highest BCUT2D eigenvalue weighted by Crippen LogP contribution is 2.34. The molecule has 3 rings (SSSR count). The summed E-state index contributed by atoms with van der Waals surface area (Å²) in [5, 5.41) is 2.83. The van der Waals surface area contributed by atoms with E-state index in [1.165, 1.54) is 11.4 Å². The monoisotopic (exact) mass is 423 g/mol. The normalized spacial score (nSPS) is 20.7. The molecule has 1 atom stereocenters. The summed E-state index contributed by atoms with van der Waals surface area (Å²) in [5.74, 6) is 0.260. The van der Waals surface area contributed by atoms with Gasteiger partial charge in [0.15, 0.2) is 0 Å². The van der Waals surface area contributed by atoms with E-state index in [1.54, 1.807) is 23.1 Å². The Morgan fingerprint density at radius 2 is 2.03 bits per heavy atom. The van der Waals surface area contributed by atoms with Crippen LogP contribution >= 0.6 is 0 Å². The minimum Gasteiger partial charge on any atom is -0.494 e. The zero-order valence-electron chi connectivity index (χ0n) is 17.0. The highest BCUT2D eigenvalue weighted by Gasteiger charge is 2.36. The number of sulfonamides is 1. The van der Waals surface area contributed by atoms with Gasteiger partial charge in [-0.25, -0.2) is 8.42 Å². The number of piperidine rings is 1. The quantitative estimate of drug-likeness (QED) is 0.726. The lowest BCUT2D eigenvalue weighted by atomic mass is 10.0. The van der Waals surface area contributed by atoms with E-state index < -0.39 is 16.1 Å². The second-order valence-corrected chi connectivity index (χ2v) is 9.50. The molecule has 2 heterocycles. The van der Waals surface area contributed by atoms with Gasteiger partial charge in [0.2, 0.25) is 21.8 Å². The third-order valence-electron chi connectivity index (χ3n) is 5.39. The summed E-state index contributed by atoms with van der Waals surface area (Å²) in [4.78, 5) is 26.6. The molecule has 0 aliphatic carbocycles. The van der Waals surface area contributed by atoms with Crippen LogP contribution in [-0.2, 0) is 19.6 Å². The van der Waals surface area contributed by atoms with Gasteiger partial charge in [-0.05, 0) is 37.8 Å². The van der Waals surface area contributed by atoms with E-state index >= 15 is 0 Å². The van der Waals surface area contributed by atoms with Crippen LogP contribution in [0.4, 0.5) is 11.4 Å². The van der Waals surface area contributed by atoms with Crippen LogP contribution in [0.15, 0.2) is 18.2 Å². The summed E-state index contributed by atoms with van der Waals surface area (Å²) in [6, 6.07) is 4.44. The van der Waals surface area contributed by atoms with Crippen LogP contribution in [0, 0.1) is 0 Å². The van der Waals surface area contributed by atoms with Crippen molar-refractivity contribution in [3.8, 4) is 5.75 Å². The Hall–Kier alpha value is -2.13. The van der Waals surface area contributed by atoms with Gasteiger partial charge in [0.25, 0.3) is 0 Å². The summed E-state index contributed by atoms with van der Waals surface area (Å²) in [6.45, 7) is 2.84. The van der Waals surface area contributed by atoms with E-state index in [4.69, 9.17) is 4.74 Å². The first-order valence-corrected chi connectivity index (χ1v) is 11.8. The SMILES string of the molecule is CCCS(=O)(=O)N1CCCCC1C(=O)Nc1ccc(N2CCCC2=O)c(OC)c1. The molecule has 2 amide bonds. The molecule has 160 valence electrons. The summed E-state index contributed by atoms with van der Waals surface area (Å²) in [5.41, 5.74) is 1.19. The first-order valence-electron chi connectivity index (χ1n) is 10.2. The van der Waals surface area contributed by atoms with Crippen molar-refractivity contribution in [2.45, 2.75) is 51.5 Å². The largest absolute Gasteiger partial charge is 0.494 e. The maximum absolute atomic E-state index is 12.9. The average Bonchev–Trinajstić information content (AvgIpc) is 3.13. The number of benzene rings is 1. The number of amides is 2. The number of anilines is 2. The number of hydrogen-bond donors (Lipinski definition) is 1. The number of nitrogens with one attached hydrogen (secondary N) is 1. The van der Waals surface area contributed by atoms with Crippen molar-refractivity contribution in [2.75, 3.05) is 36.2 Å². The number of hydrogen-bond acceptors (Lipinski definition) is 5. The first-order chi connectivity index (χ1) is 13.9. The zero-order valence-corrected chi connectivity index (χ0v) is 17.8. The second kappa shape index (κ2) is 9.13. The Balaban J connectivity index is 1.78. The van der Waals surface area contributed by atoms with E-state index in [9.17, 15) is 18.0 Å². The van der Waals surface area contributed by atoms with Crippen molar-refractivity contribution >= 4 is 33.2 Å². The van der Waals surface area contributed by atoms with Crippen molar-refractivity contribution in [1.29, 1.82) is 0 Å². The van der Waals surface area contributed by atoms with E-state index in [2.05, 4.69) is 5.32 Å². The van der Waals surface area contributed by atoms with Gasteiger partial charge in [-0.15, -0.1) is 0 Å².